The number of carbonyl (C=O) groups is 1. The highest BCUT2D eigenvalue weighted by molar-refractivity contribution is 5.79. The molecule has 1 atom stereocenters. The van der Waals surface area contributed by atoms with E-state index >= 15 is 0 Å². The van der Waals surface area contributed by atoms with E-state index in [9.17, 15) is 4.79 Å². The number of amides is 1. The third kappa shape index (κ3) is 3.35. The monoisotopic (exact) mass is 354 g/mol. The number of imidazole rings is 1. The van der Waals surface area contributed by atoms with Crippen molar-refractivity contribution in [3.05, 3.63) is 36.3 Å². The number of hydrogen-bond acceptors (Lipinski definition) is 5. The predicted molar refractivity (Wildman–Crippen MR) is 97.9 cm³/mol. The maximum atomic E-state index is 12.8. The van der Waals surface area contributed by atoms with Crippen LogP contribution in [0.1, 0.15) is 50.2 Å². The molecule has 26 heavy (non-hydrogen) atoms. The maximum absolute atomic E-state index is 12.8. The molecule has 4 heterocycles. The van der Waals surface area contributed by atoms with Crippen molar-refractivity contribution < 1.29 is 4.79 Å². The summed E-state index contributed by atoms with van der Waals surface area (Å²) in [5, 5.41) is 0. The number of likely N-dealkylation sites (tertiary alicyclic amines) is 2. The van der Waals surface area contributed by atoms with Gasteiger partial charge < -0.3 is 4.90 Å². The Balaban J connectivity index is 1.54. The van der Waals surface area contributed by atoms with Gasteiger partial charge >= 0.3 is 0 Å². The average molecular weight is 354 g/mol. The molecular formula is C19H26N6O. The lowest BCUT2D eigenvalue weighted by Gasteiger charge is -2.26. The van der Waals surface area contributed by atoms with Crippen LogP contribution < -0.4 is 0 Å². The second-order valence-corrected chi connectivity index (χ2v) is 7.10. The summed E-state index contributed by atoms with van der Waals surface area (Å²) >= 11 is 0. The lowest BCUT2D eigenvalue weighted by Crippen LogP contribution is -2.39. The predicted octanol–water partition coefficient (Wildman–Crippen LogP) is 1.98. The Morgan fingerprint density at radius 3 is 2.85 bits per heavy atom. The summed E-state index contributed by atoms with van der Waals surface area (Å²) in [6.07, 6.45) is 12.5. The molecule has 0 radical (unpaired) electrons. The van der Waals surface area contributed by atoms with Crippen LogP contribution in [0.15, 0.2) is 24.8 Å². The molecule has 2 fully saturated rings. The van der Waals surface area contributed by atoms with Crippen molar-refractivity contribution in [2.24, 2.45) is 0 Å². The number of aromatic nitrogens is 4. The number of rotatable bonds is 5. The van der Waals surface area contributed by atoms with Crippen LogP contribution in [-0.4, -0.2) is 61.4 Å². The van der Waals surface area contributed by atoms with E-state index in [1.54, 1.807) is 18.6 Å². The van der Waals surface area contributed by atoms with Crippen molar-refractivity contribution >= 4 is 5.91 Å². The molecule has 0 N–H and O–H groups in total. The molecule has 7 nitrogen and oxygen atoms in total. The summed E-state index contributed by atoms with van der Waals surface area (Å²) < 4.78 is 1.97. The normalized spacial score (nSPS) is 20.8. The van der Waals surface area contributed by atoms with Crippen LogP contribution in [-0.2, 0) is 11.2 Å². The van der Waals surface area contributed by atoms with Gasteiger partial charge in [0.05, 0.1) is 30.7 Å². The van der Waals surface area contributed by atoms with Gasteiger partial charge in [0.1, 0.15) is 5.82 Å². The topological polar surface area (TPSA) is 67.2 Å². The summed E-state index contributed by atoms with van der Waals surface area (Å²) in [6.45, 7) is 5.51. The van der Waals surface area contributed by atoms with E-state index in [-0.39, 0.29) is 11.9 Å². The fourth-order valence-electron chi connectivity index (χ4n) is 4.05. The molecule has 0 aromatic carbocycles. The van der Waals surface area contributed by atoms with Gasteiger partial charge in [-0.25, -0.2) is 9.97 Å². The van der Waals surface area contributed by atoms with Crippen LogP contribution >= 0.6 is 0 Å². The van der Waals surface area contributed by atoms with Gasteiger partial charge in [0.15, 0.2) is 5.82 Å². The van der Waals surface area contributed by atoms with Crippen molar-refractivity contribution in [2.75, 3.05) is 26.2 Å². The van der Waals surface area contributed by atoms with Crippen molar-refractivity contribution in [3.8, 4) is 5.82 Å². The minimum absolute atomic E-state index is 0.0335. The molecule has 4 rings (SSSR count). The molecule has 0 aliphatic carbocycles. The Labute approximate surface area is 154 Å². The second-order valence-electron chi connectivity index (χ2n) is 7.10. The van der Waals surface area contributed by atoms with Crippen LogP contribution in [0.4, 0.5) is 0 Å². The lowest BCUT2D eigenvalue weighted by molar-refractivity contribution is -0.133. The molecule has 2 aliphatic rings. The zero-order valence-electron chi connectivity index (χ0n) is 15.3. The maximum Gasteiger partial charge on any atom is 0.237 e. The van der Waals surface area contributed by atoms with Crippen LogP contribution in [0.2, 0.25) is 0 Å². The quantitative estimate of drug-likeness (QED) is 0.821. The van der Waals surface area contributed by atoms with Gasteiger partial charge in [-0.15, -0.1) is 0 Å². The largest absolute Gasteiger partial charge is 0.333 e. The Kier molecular flexibility index (Phi) is 4.97. The molecule has 138 valence electrons. The van der Waals surface area contributed by atoms with Crippen molar-refractivity contribution in [1.82, 2.24) is 29.3 Å². The summed E-state index contributed by atoms with van der Waals surface area (Å²) in [7, 11) is 0. The van der Waals surface area contributed by atoms with E-state index in [2.05, 4.69) is 21.8 Å². The Bertz CT molecular complexity index is 767. The molecule has 2 saturated heterocycles. The fraction of sp³-hybridized carbons (Fsp3) is 0.579. The first-order valence-corrected chi connectivity index (χ1v) is 9.62. The minimum Gasteiger partial charge on any atom is -0.333 e. The Morgan fingerprint density at radius 1 is 1.19 bits per heavy atom. The average Bonchev–Trinajstić information content (AvgIpc) is 3.41. The molecule has 2 aromatic rings. The highest BCUT2D eigenvalue weighted by atomic mass is 16.2. The highest BCUT2D eigenvalue weighted by Gasteiger charge is 2.32. The molecule has 0 saturated carbocycles. The number of carbonyl (C=O) groups excluding carboxylic acids is 1. The van der Waals surface area contributed by atoms with E-state index in [0.717, 1.165) is 56.2 Å². The molecule has 0 bridgehead atoms. The third-order valence-corrected chi connectivity index (χ3v) is 5.39. The van der Waals surface area contributed by atoms with Gasteiger partial charge in [-0.1, -0.05) is 6.92 Å². The SMILES string of the molecule is CCc1nccn1-c1cncc([C@@H]2CCCN2C(=O)CN2CCCC2)n1. The third-order valence-electron chi connectivity index (χ3n) is 5.39. The molecule has 2 aromatic heterocycles. The van der Waals surface area contributed by atoms with Gasteiger partial charge in [0, 0.05) is 25.4 Å². The molecule has 1 amide bonds. The van der Waals surface area contributed by atoms with E-state index in [0.29, 0.717) is 6.54 Å². The van der Waals surface area contributed by atoms with Crippen LogP contribution in [0.3, 0.4) is 0 Å². The summed E-state index contributed by atoms with van der Waals surface area (Å²) in [4.78, 5) is 30.7. The van der Waals surface area contributed by atoms with E-state index in [1.807, 2.05) is 15.7 Å². The smallest absolute Gasteiger partial charge is 0.237 e. The Morgan fingerprint density at radius 2 is 2.04 bits per heavy atom. The van der Waals surface area contributed by atoms with Gasteiger partial charge in [0.2, 0.25) is 5.91 Å². The van der Waals surface area contributed by atoms with Gasteiger partial charge in [-0.3, -0.25) is 19.2 Å². The highest BCUT2D eigenvalue weighted by Crippen LogP contribution is 2.31. The zero-order valence-corrected chi connectivity index (χ0v) is 15.3. The molecule has 2 aliphatic heterocycles. The first-order valence-electron chi connectivity index (χ1n) is 9.62. The van der Waals surface area contributed by atoms with Gasteiger partial charge in [0.25, 0.3) is 0 Å². The zero-order chi connectivity index (χ0) is 17.9. The summed E-state index contributed by atoms with van der Waals surface area (Å²) in [5.74, 6) is 1.96. The van der Waals surface area contributed by atoms with Crippen LogP contribution in [0, 0.1) is 0 Å². The first kappa shape index (κ1) is 17.1. The molecule has 7 heteroatoms. The first-order chi connectivity index (χ1) is 12.8. The minimum atomic E-state index is 0.0335. The standard InChI is InChI=1S/C19H26N6O/c1-2-17-21-7-11-25(17)18-13-20-12-15(22-18)16-6-5-10-24(16)19(26)14-23-8-3-4-9-23/h7,11-13,16H,2-6,8-10,14H2,1H3/t16-/m0/s1. The second kappa shape index (κ2) is 7.53. The van der Waals surface area contributed by atoms with E-state index in [1.165, 1.54) is 12.8 Å². The van der Waals surface area contributed by atoms with Crippen molar-refractivity contribution in [3.63, 3.8) is 0 Å². The summed E-state index contributed by atoms with van der Waals surface area (Å²) in [5.41, 5.74) is 0.880. The van der Waals surface area contributed by atoms with Crippen LogP contribution in [0.5, 0.6) is 0 Å². The number of nitrogens with zero attached hydrogens (tertiary/aromatic N) is 6. The Hall–Kier alpha value is -2.28. The van der Waals surface area contributed by atoms with E-state index < -0.39 is 0 Å². The van der Waals surface area contributed by atoms with E-state index in [4.69, 9.17) is 4.98 Å². The summed E-state index contributed by atoms with van der Waals surface area (Å²) in [6, 6.07) is 0.0335. The molecule has 0 unspecified atom stereocenters. The number of hydrogen-bond donors (Lipinski definition) is 0. The van der Waals surface area contributed by atoms with Crippen LogP contribution in [0.25, 0.3) is 5.82 Å². The fourth-order valence-corrected chi connectivity index (χ4v) is 4.05. The lowest BCUT2D eigenvalue weighted by atomic mass is 10.1. The van der Waals surface area contributed by atoms with Gasteiger partial charge in [-0.2, -0.15) is 0 Å². The molecule has 0 spiro atoms. The van der Waals surface area contributed by atoms with Crippen molar-refractivity contribution in [2.45, 2.75) is 45.1 Å². The van der Waals surface area contributed by atoms with Crippen molar-refractivity contribution in [1.29, 1.82) is 0 Å². The van der Waals surface area contributed by atoms with Gasteiger partial charge in [-0.05, 0) is 38.8 Å². The number of aryl methyl sites for hydroxylation is 1. The molecular weight excluding hydrogens is 328 g/mol.